The van der Waals surface area contributed by atoms with Crippen molar-refractivity contribution >= 4 is 22.9 Å². The van der Waals surface area contributed by atoms with Gasteiger partial charge in [0.2, 0.25) is 5.91 Å². The largest absolute Gasteiger partial charge is 0.462 e. The van der Waals surface area contributed by atoms with Crippen LogP contribution in [0.1, 0.15) is 24.2 Å². The Balaban J connectivity index is 1.80. The lowest BCUT2D eigenvalue weighted by atomic mass is 9.99. The first-order valence-corrected chi connectivity index (χ1v) is 9.84. The fourth-order valence-corrected chi connectivity index (χ4v) is 3.63. The summed E-state index contributed by atoms with van der Waals surface area (Å²) < 4.78 is 21.7. The Morgan fingerprint density at radius 3 is 2.61 bits per heavy atom. The van der Waals surface area contributed by atoms with E-state index in [1.807, 2.05) is 13.2 Å². The summed E-state index contributed by atoms with van der Waals surface area (Å²) in [5.41, 5.74) is -0.691. The number of esters is 1. The van der Waals surface area contributed by atoms with Crippen LogP contribution in [-0.4, -0.2) is 61.2 Å². The number of imidazole rings is 1. The number of halogens is 1. The molecule has 0 saturated carbocycles. The number of fused-ring (bicyclic) bond motifs is 1. The molecule has 9 nitrogen and oxygen atoms in total. The number of ether oxygens (including phenoxy) is 1. The van der Waals surface area contributed by atoms with E-state index in [2.05, 4.69) is 9.97 Å². The van der Waals surface area contributed by atoms with Gasteiger partial charge >= 0.3 is 5.97 Å². The van der Waals surface area contributed by atoms with Gasteiger partial charge in [0.15, 0.2) is 0 Å². The molecule has 162 valence electrons. The van der Waals surface area contributed by atoms with Crippen LogP contribution in [-0.2, 0) is 23.1 Å². The standard InChI is InChI=1S/C21H22FN5O4/c1-4-31-20(30)15-6-13-5-14(16-8-25(3)12-24-16)7-23-18(13)27(19(15)29)9-17(28)26-10-21(2,22)11-26/h5-8,12H,4,9-11H2,1-3H3. The number of likely N-dealkylation sites (tertiary alicyclic amines) is 1. The smallest absolute Gasteiger partial charge is 0.343 e. The fraction of sp³-hybridized carbons (Fsp3) is 0.381. The van der Waals surface area contributed by atoms with Gasteiger partial charge < -0.3 is 14.2 Å². The van der Waals surface area contributed by atoms with E-state index in [0.29, 0.717) is 16.6 Å². The quantitative estimate of drug-likeness (QED) is 0.573. The van der Waals surface area contributed by atoms with Crippen LogP contribution in [0.4, 0.5) is 4.39 Å². The maximum atomic E-state index is 13.8. The van der Waals surface area contributed by atoms with Crippen molar-refractivity contribution in [3.05, 3.63) is 46.8 Å². The molecule has 0 N–H and O–H groups in total. The summed E-state index contributed by atoms with van der Waals surface area (Å²) in [4.78, 5) is 48.0. The molecule has 3 aromatic heterocycles. The zero-order valence-electron chi connectivity index (χ0n) is 17.5. The molecule has 0 radical (unpaired) electrons. The third-order valence-corrected chi connectivity index (χ3v) is 5.11. The molecule has 0 spiro atoms. The Hall–Kier alpha value is -3.56. The first kappa shape index (κ1) is 20.7. The summed E-state index contributed by atoms with van der Waals surface area (Å²) in [6.07, 6.45) is 5.01. The van der Waals surface area contributed by atoms with Crippen molar-refractivity contribution in [2.24, 2.45) is 7.05 Å². The van der Waals surface area contributed by atoms with Gasteiger partial charge in [0.05, 0.1) is 31.7 Å². The van der Waals surface area contributed by atoms with Gasteiger partial charge in [-0.3, -0.25) is 14.2 Å². The Morgan fingerprint density at radius 2 is 2.00 bits per heavy atom. The van der Waals surface area contributed by atoms with Crippen molar-refractivity contribution in [1.82, 2.24) is 24.0 Å². The summed E-state index contributed by atoms with van der Waals surface area (Å²) >= 11 is 0. The average molecular weight is 427 g/mol. The van der Waals surface area contributed by atoms with Crippen LogP contribution in [0.25, 0.3) is 22.3 Å². The normalized spacial score (nSPS) is 15.0. The Bertz CT molecular complexity index is 1240. The average Bonchev–Trinajstić information content (AvgIpc) is 3.14. The van der Waals surface area contributed by atoms with Crippen molar-refractivity contribution in [3.8, 4) is 11.3 Å². The first-order valence-electron chi connectivity index (χ1n) is 9.84. The molecule has 0 unspecified atom stereocenters. The molecule has 0 bridgehead atoms. The second-order valence-electron chi connectivity index (χ2n) is 7.89. The molecule has 3 aromatic rings. The number of hydrogen-bond donors (Lipinski definition) is 0. The monoisotopic (exact) mass is 427 g/mol. The van der Waals surface area contributed by atoms with E-state index in [9.17, 15) is 18.8 Å². The predicted octanol–water partition coefficient (Wildman–Crippen LogP) is 1.54. The van der Waals surface area contributed by atoms with Crippen LogP contribution in [0.15, 0.2) is 35.6 Å². The highest BCUT2D eigenvalue weighted by atomic mass is 19.1. The fourth-order valence-electron chi connectivity index (χ4n) is 3.63. The van der Waals surface area contributed by atoms with Crippen molar-refractivity contribution in [3.63, 3.8) is 0 Å². The molecule has 1 aliphatic rings. The number of pyridine rings is 2. The molecular weight excluding hydrogens is 405 g/mol. The predicted molar refractivity (Wildman–Crippen MR) is 110 cm³/mol. The van der Waals surface area contributed by atoms with Gasteiger partial charge in [-0.05, 0) is 26.0 Å². The lowest BCUT2D eigenvalue weighted by molar-refractivity contribution is -0.144. The molecule has 1 saturated heterocycles. The number of rotatable bonds is 5. The molecule has 31 heavy (non-hydrogen) atoms. The number of aryl methyl sites for hydroxylation is 1. The summed E-state index contributed by atoms with van der Waals surface area (Å²) in [5, 5.41) is 0.484. The number of amides is 1. The van der Waals surface area contributed by atoms with Crippen LogP contribution in [0.5, 0.6) is 0 Å². The van der Waals surface area contributed by atoms with Gasteiger partial charge in [0.1, 0.15) is 23.4 Å². The van der Waals surface area contributed by atoms with Crippen molar-refractivity contribution in [2.75, 3.05) is 19.7 Å². The summed E-state index contributed by atoms with van der Waals surface area (Å²) in [5.74, 6) is -1.20. The van der Waals surface area contributed by atoms with Gasteiger partial charge in [-0.15, -0.1) is 0 Å². The molecule has 10 heteroatoms. The minimum atomic E-state index is -1.43. The number of carbonyl (C=O) groups is 2. The van der Waals surface area contributed by atoms with Gasteiger partial charge in [-0.25, -0.2) is 19.2 Å². The molecule has 0 aliphatic carbocycles. The summed E-state index contributed by atoms with van der Waals surface area (Å²) in [6.45, 7) is 2.74. The van der Waals surface area contributed by atoms with Crippen LogP contribution in [0.2, 0.25) is 0 Å². The third kappa shape index (κ3) is 3.92. The summed E-state index contributed by atoms with van der Waals surface area (Å²) in [7, 11) is 1.84. The van der Waals surface area contributed by atoms with Crippen LogP contribution in [0.3, 0.4) is 0 Å². The van der Waals surface area contributed by atoms with Gasteiger partial charge in [-0.2, -0.15) is 0 Å². The number of nitrogens with zero attached hydrogens (tertiary/aromatic N) is 5. The number of alkyl halides is 1. The van der Waals surface area contributed by atoms with Gasteiger partial charge in [0, 0.05) is 30.4 Å². The minimum absolute atomic E-state index is 0.0344. The van der Waals surface area contributed by atoms with Crippen LogP contribution < -0.4 is 5.56 Å². The van der Waals surface area contributed by atoms with Crippen molar-refractivity contribution in [1.29, 1.82) is 0 Å². The highest BCUT2D eigenvalue weighted by Gasteiger charge is 2.41. The van der Waals surface area contributed by atoms with Crippen LogP contribution in [0, 0.1) is 0 Å². The van der Waals surface area contributed by atoms with E-state index in [1.165, 1.54) is 17.9 Å². The molecule has 1 amide bonds. The second-order valence-corrected chi connectivity index (χ2v) is 7.89. The molecule has 4 rings (SSSR count). The Morgan fingerprint density at radius 1 is 1.26 bits per heavy atom. The van der Waals surface area contributed by atoms with E-state index in [1.54, 1.807) is 30.1 Å². The van der Waals surface area contributed by atoms with E-state index in [4.69, 9.17) is 4.74 Å². The lowest BCUT2D eigenvalue weighted by Gasteiger charge is -2.42. The molecule has 4 heterocycles. The maximum Gasteiger partial charge on any atom is 0.343 e. The van der Waals surface area contributed by atoms with Crippen molar-refractivity contribution in [2.45, 2.75) is 26.1 Å². The molecule has 1 aliphatic heterocycles. The summed E-state index contributed by atoms with van der Waals surface area (Å²) in [6, 6.07) is 3.16. The second kappa shape index (κ2) is 7.60. The maximum absolute atomic E-state index is 13.8. The van der Waals surface area contributed by atoms with Crippen molar-refractivity contribution < 1.29 is 18.7 Å². The number of hydrogen-bond acceptors (Lipinski definition) is 6. The highest BCUT2D eigenvalue weighted by Crippen LogP contribution is 2.25. The first-order chi connectivity index (χ1) is 14.7. The zero-order valence-corrected chi connectivity index (χ0v) is 17.5. The highest BCUT2D eigenvalue weighted by molar-refractivity contribution is 5.94. The molecule has 0 atom stereocenters. The van der Waals surface area contributed by atoms with Gasteiger partial charge in [-0.1, -0.05) is 0 Å². The lowest BCUT2D eigenvalue weighted by Crippen LogP contribution is -2.60. The number of aromatic nitrogens is 4. The van der Waals surface area contributed by atoms with E-state index < -0.39 is 23.1 Å². The molecule has 1 fully saturated rings. The van der Waals surface area contributed by atoms with E-state index in [0.717, 1.165) is 4.57 Å². The Kier molecular flexibility index (Phi) is 5.08. The van der Waals surface area contributed by atoms with E-state index >= 15 is 0 Å². The molecular formula is C21H22FN5O4. The number of carbonyl (C=O) groups excluding carboxylic acids is 2. The van der Waals surface area contributed by atoms with E-state index in [-0.39, 0.29) is 37.5 Å². The van der Waals surface area contributed by atoms with Gasteiger partial charge in [0.25, 0.3) is 5.56 Å². The minimum Gasteiger partial charge on any atom is -0.462 e. The van der Waals surface area contributed by atoms with Crippen LogP contribution >= 0.6 is 0 Å². The zero-order chi connectivity index (χ0) is 22.3. The Labute approximate surface area is 177 Å². The molecule has 0 aromatic carbocycles. The SMILES string of the molecule is CCOC(=O)c1cc2cc(-c3cn(C)cn3)cnc2n(CC(=O)N2CC(C)(F)C2)c1=O. The topological polar surface area (TPSA) is 99.3 Å². The third-order valence-electron chi connectivity index (χ3n) is 5.11.